The van der Waals surface area contributed by atoms with Gasteiger partial charge in [0.05, 0.1) is 7.11 Å². The van der Waals surface area contributed by atoms with Gasteiger partial charge in [0.1, 0.15) is 11.5 Å². The third-order valence-electron chi connectivity index (χ3n) is 5.32. The molecule has 0 aliphatic carbocycles. The summed E-state index contributed by atoms with van der Waals surface area (Å²) in [5, 5.41) is 2.76. The molecule has 178 valence electrons. The summed E-state index contributed by atoms with van der Waals surface area (Å²) in [4.78, 5) is 29.0. The zero-order valence-corrected chi connectivity index (χ0v) is 20.1. The van der Waals surface area contributed by atoms with E-state index >= 15 is 0 Å². The molecule has 34 heavy (non-hydrogen) atoms. The van der Waals surface area contributed by atoms with Crippen LogP contribution in [0.1, 0.15) is 22.8 Å². The minimum atomic E-state index is -0.286. The molecule has 1 N–H and O–H groups in total. The van der Waals surface area contributed by atoms with E-state index in [9.17, 15) is 9.59 Å². The Hall–Kier alpha value is -4.00. The number of amides is 2. The number of nitrogens with zero attached hydrogens (tertiary/aromatic N) is 2. The molecular weight excluding hydrogens is 430 g/mol. The van der Waals surface area contributed by atoms with Gasteiger partial charge in [-0.1, -0.05) is 18.2 Å². The molecule has 0 saturated carbocycles. The topological polar surface area (TPSA) is 71.1 Å². The number of ether oxygens (including phenoxy) is 2. The summed E-state index contributed by atoms with van der Waals surface area (Å²) in [7, 11) is 5.56. The molecular formula is C27H31N3O4. The minimum absolute atomic E-state index is 0.0542. The standard InChI is InChI=1S/C27H31N3O4/c1-5-30(18-20-9-13-23(14-10-20)29(2)3)27(32)21-11-15-24(16-12-21)34-19-26(31)28-22-7-6-8-25(17-22)33-4/h6-17H,5,18-19H2,1-4H3,(H,28,31). The summed E-state index contributed by atoms with van der Waals surface area (Å²) in [5.41, 5.74) is 3.39. The van der Waals surface area contributed by atoms with Crippen molar-refractivity contribution in [1.29, 1.82) is 0 Å². The first kappa shape index (κ1) is 24.6. The van der Waals surface area contributed by atoms with E-state index in [1.807, 2.05) is 50.2 Å². The van der Waals surface area contributed by atoms with E-state index < -0.39 is 0 Å². The van der Waals surface area contributed by atoms with Crippen molar-refractivity contribution in [3.8, 4) is 11.5 Å². The molecule has 0 saturated heterocycles. The van der Waals surface area contributed by atoms with Crippen LogP contribution in [0, 0.1) is 0 Å². The van der Waals surface area contributed by atoms with E-state index in [1.165, 1.54) is 0 Å². The van der Waals surface area contributed by atoms with Crippen molar-refractivity contribution in [2.24, 2.45) is 0 Å². The smallest absolute Gasteiger partial charge is 0.262 e. The van der Waals surface area contributed by atoms with Crippen LogP contribution in [0.5, 0.6) is 11.5 Å². The highest BCUT2D eigenvalue weighted by Gasteiger charge is 2.15. The lowest BCUT2D eigenvalue weighted by molar-refractivity contribution is -0.118. The number of carbonyl (C=O) groups excluding carboxylic acids is 2. The highest BCUT2D eigenvalue weighted by atomic mass is 16.5. The van der Waals surface area contributed by atoms with Gasteiger partial charge in [0.2, 0.25) is 0 Å². The SMILES string of the molecule is CCN(Cc1ccc(N(C)C)cc1)C(=O)c1ccc(OCC(=O)Nc2cccc(OC)c2)cc1. The van der Waals surface area contributed by atoms with Crippen LogP contribution in [0.4, 0.5) is 11.4 Å². The molecule has 3 aromatic carbocycles. The van der Waals surface area contributed by atoms with Crippen molar-refractivity contribution in [3.63, 3.8) is 0 Å². The second-order valence-electron chi connectivity index (χ2n) is 7.97. The molecule has 0 aromatic heterocycles. The number of rotatable bonds is 10. The third-order valence-corrected chi connectivity index (χ3v) is 5.32. The van der Waals surface area contributed by atoms with Gasteiger partial charge in [0, 0.05) is 50.2 Å². The van der Waals surface area contributed by atoms with E-state index in [-0.39, 0.29) is 18.4 Å². The molecule has 3 aromatic rings. The van der Waals surface area contributed by atoms with Crippen LogP contribution in [0.3, 0.4) is 0 Å². The summed E-state index contributed by atoms with van der Waals surface area (Å²) in [5.74, 6) is 0.831. The number of nitrogens with one attached hydrogen (secondary N) is 1. The summed E-state index contributed by atoms with van der Waals surface area (Å²) in [6, 6.07) is 22.1. The summed E-state index contributed by atoms with van der Waals surface area (Å²) in [6.07, 6.45) is 0. The fourth-order valence-corrected chi connectivity index (χ4v) is 3.37. The van der Waals surface area contributed by atoms with Gasteiger partial charge in [-0.25, -0.2) is 0 Å². The molecule has 0 aliphatic heterocycles. The predicted molar refractivity (Wildman–Crippen MR) is 135 cm³/mol. The van der Waals surface area contributed by atoms with Crippen molar-refractivity contribution < 1.29 is 19.1 Å². The minimum Gasteiger partial charge on any atom is -0.497 e. The maximum atomic E-state index is 13.0. The largest absolute Gasteiger partial charge is 0.497 e. The normalized spacial score (nSPS) is 10.4. The van der Waals surface area contributed by atoms with Crippen LogP contribution >= 0.6 is 0 Å². The van der Waals surface area contributed by atoms with Crippen LogP contribution < -0.4 is 19.7 Å². The van der Waals surface area contributed by atoms with E-state index in [0.29, 0.717) is 35.8 Å². The van der Waals surface area contributed by atoms with Crippen molar-refractivity contribution >= 4 is 23.2 Å². The monoisotopic (exact) mass is 461 g/mol. The molecule has 0 radical (unpaired) electrons. The number of hydrogen-bond acceptors (Lipinski definition) is 5. The van der Waals surface area contributed by atoms with Crippen molar-refractivity contribution in [1.82, 2.24) is 4.90 Å². The van der Waals surface area contributed by atoms with E-state index in [1.54, 1.807) is 60.5 Å². The Morgan fingerprint density at radius 2 is 1.62 bits per heavy atom. The Labute approximate surface area is 200 Å². The number of methoxy groups -OCH3 is 1. The average molecular weight is 462 g/mol. The molecule has 0 unspecified atom stereocenters. The van der Waals surface area contributed by atoms with Crippen molar-refractivity contribution in [2.75, 3.05) is 44.6 Å². The van der Waals surface area contributed by atoms with Gasteiger partial charge in [-0.2, -0.15) is 0 Å². The molecule has 7 nitrogen and oxygen atoms in total. The highest BCUT2D eigenvalue weighted by molar-refractivity contribution is 5.94. The quantitative estimate of drug-likeness (QED) is 0.483. The molecule has 0 heterocycles. The Kier molecular flexibility index (Phi) is 8.51. The fourth-order valence-electron chi connectivity index (χ4n) is 3.37. The van der Waals surface area contributed by atoms with E-state index in [0.717, 1.165) is 11.3 Å². The van der Waals surface area contributed by atoms with Crippen LogP contribution in [0.15, 0.2) is 72.8 Å². The van der Waals surface area contributed by atoms with Gasteiger partial charge < -0.3 is 24.6 Å². The fraction of sp³-hybridized carbons (Fsp3) is 0.259. The number of benzene rings is 3. The summed E-state index contributed by atoms with van der Waals surface area (Å²) >= 11 is 0. The van der Waals surface area contributed by atoms with Crippen LogP contribution in [-0.4, -0.2) is 51.1 Å². The zero-order valence-electron chi connectivity index (χ0n) is 20.1. The van der Waals surface area contributed by atoms with E-state index in [4.69, 9.17) is 9.47 Å². The molecule has 0 fully saturated rings. The lowest BCUT2D eigenvalue weighted by Crippen LogP contribution is -2.30. The second-order valence-corrected chi connectivity index (χ2v) is 7.97. The van der Waals surface area contributed by atoms with Gasteiger partial charge in [-0.05, 0) is 61.0 Å². The number of hydrogen-bond donors (Lipinski definition) is 1. The van der Waals surface area contributed by atoms with Crippen LogP contribution in [-0.2, 0) is 11.3 Å². The lowest BCUT2D eigenvalue weighted by Gasteiger charge is -2.22. The van der Waals surface area contributed by atoms with Crippen LogP contribution in [0.2, 0.25) is 0 Å². The Morgan fingerprint density at radius 1 is 0.912 bits per heavy atom. The number of carbonyl (C=O) groups is 2. The van der Waals surface area contributed by atoms with Gasteiger partial charge >= 0.3 is 0 Å². The van der Waals surface area contributed by atoms with Crippen molar-refractivity contribution in [2.45, 2.75) is 13.5 Å². The predicted octanol–water partition coefficient (Wildman–Crippen LogP) is 4.44. The molecule has 0 bridgehead atoms. The van der Waals surface area contributed by atoms with Gasteiger partial charge in [-0.15, -0.1) is 0 Å². The number of anilines is 2. The first-order valence-corrected chi connectivity index (χ1v) is 11.1. The zero-order chi connectivity index (χ0) is 24.5. The van der Waals surface area contributed by atoms with Crippen LogP contribution in [0.25, 0.3) is 0 Å². The first-order chi connectivity index (χ1) is 16.4. The molecule has 7 heteroatoms. The maximum absolute atomic E-state index is 13.0. The summed E-state index contributed by atoms with van der Waals surface area (Å²) in [6.45, 7) is 2.95. The lowest BCUT2D eigenvalue weighted by atomic mass is 10.1. The highest BCUT2D eigenvalue weighted by Crippen LogP contribution is 2.19. The Bertz CT molecular complexity index is 1100. The maximum Gasteiger partial charge on any atom is 0.262 e. The molecule has 2 amide bonds. The molecule has 3 rings (SSSR count). The first-order valence-electron chi connectivity index (χ1n) is 11.1. The average Bonchev–Trinajstić information content (AvgIpc) is 2.86. The van der Waals surface area contributed by atoms with Gasteiger partial charge in [0.25, 0.3) is 11.8 Å². The summed E-state index contributed by atoms with van der Waals surface area (Å²) < 4.78 is 10.7. The van der Waals surface area contributed by atoms with Gasteiger partial charge in [0.15, 0.2) is 6.61 Å². The second kappa shape index (κ2) is 11.7. The third kappa shape index (κ3) is 6.75. The Balaban J connectivity index is 1.54. The van der Waals surface area contributed by atoms with E-state index in [2.05, 4.69) is 5.32 Å². The molecule has 0 spiro atoms. The van der Waals surface area contributed by atoms with Crippen molar-refractivity contribution in [3.05, 3.63) is 83.9 Å². The Morgan fingerprint density at radius 3 is 2.24 bits per heavy atom. The molecule has 0 atom stereocenters. The van der Waals surface area contributed by atoms with Gasteiger partial charge in [-0.3, -0.25) is 9.59 Å². The molecule has 0 aliphatic rings.